The van der Waals surface area contributed by atoms with Crippen molar-refractivity contribution in [3.63, 3.8) is 0 Å². The summed E-state index contributed by atoms with van der Waals surface area (Å²) in [6.45, 7) is 0.141. The number of halogens is 4. The van der Waals surface area contributed by atoms with Gasteiger partial charge in [-0.05, 0) is 53.1 Å². The van der Waals surface area contributed by atoms with Crippen LogP contribution >= 0.6 is 15.9 Å². The van der Waals surface area contributed by atoms with Gasteiger partial charge in [0.25, 0.3) is 0 Å². The fourth-order valence-electron chi connectivity index (χ4n) is 3.86. The topological polar surface area (TPSA) is 62.5 Å². The molecule has 0 amide bonds. The second-order valence-corrected chi connectivity index (χ2v) is 8.34. The Morgan fingerprint density at radius 1 is 1.17 bits per heavy atom. The van der Waals surface area contributed by atoms with Crippen LogP contribution < -0.4 is 5.32 Å². The number of fused-ring (bicyclic) bond motifs is 1. The highest BCUT2D eigenvalue weighted by Crippen LogP contribution is 2.38. The van der Waals surface area contributed by atoms with Crippen LogP contribution in [0.25, 0.3) is 5.65 Å². The number of nitrogens with zero attached hydrogens (tertiary/aromatic N) is 3. The summed E-state index contributed by atoms with van der Waals surface area (Å²) in [7, 11) is 0. The molecule has 1 saturated carbocycles. The molecule has 9 heteroatoms. The number of benzene rings is 1. The van der Waals surface area contributed by atoms with E-state index in [1.54, 1.807) is 0 Å². The number of aliphatic hydroxyl groups is 1. The van der Waals surface area contributed by atoms with Crippen LogP contribution in [0.5, 0.6) is 0 Å². The van der Waals surface area contributed by atoms with Gasteiger partial charge in [0.15, 0.2) is 11.3 Å². The van der Waals surface area contributed by atoms with E-state index in [0.29, 0.717) is 23.4 Å². The van der Waals surface area contributed by atoms with Crippen LogP contribution in [0.4, 0.5) is 19.0 Å². The smallest absolute Gasteiger partial charge is 0.388 e. The summed E-state index contributed by atoms with van der Waals surface area (Å²) in [6.07, 6.45) is -1.77. The van der Waals surface area contributed by atoms with Crippen LogP contribution in [0.15, 0.2) is 47.1 Å². The zero-order valence-electron chi connectivity index (χ0n) is 15.5. The number of rotatable bonds is 4. The van der Waals surface area contributed by atoms with E-state index in [4.69, 9.17) is 0 Å². The molecular formula is C20H20BrF3N4O. The average Bonchev–Trinajstić information content (AvgIpc) is 3.07. The molecule has 0 bridgehead atoms. The zero-order chi connectivity index (χ0) is 20.6. The fourth-order valence-corrected chi connectivity index (χ4v) is 4.23. The summed E-state index contributed by atoms with van der Waals surface area (Å²) in [5.41, 5.74) is -0.646. The summed E-state index contributed by atoms with van der Waals surface area (Å²) < 4.78 is 41.3. The number of alkyl halides is 3. The first kappa shape index (κ1) is 20.2. The molecule has 4 rings (SSSR count). The number of aromatic nitrogens is 3. The first-order valence-corrected chi connectivity index (χ1v) is 10.2. The lowest BCUT2D eigenvalue weighted by Gasteiger charge is -2.36. The maximum absolute atomic E-state index is 13.2. The third-order valence-corrected chi connectivity index (χ3v) is 5.86. The maximum Gasteiger partial charge on any atom is 0.433 e. The molecule has 1 aromatic carbocycles. The second kappa shape index (κ2) is 7.60. The van der Waals surface area contributed by atoms with Crippen molar-refractivity contribution in [2.75, 3.05) is 11.9 Å². The van der Waals surface area contributed by atoms with Gasteiger partial charge in [-0.25, -0.2) is 4.98 Å². The Balaban J connectivity index is 1.49. The largest absolute Gasteiger partial charge is 0.433 e. The lowest BCUT2D eigenvalue weighted by Crippen LogP contribution is -2.40. The Labute approximate surface area is 174 Å². The molecule has 0 aliphatic heterocycles. The third-order valence-electron chi connectivity index (χ3n) is 5.47. The van der Waals surface area contributed by atoms with E-state index in [0.717, 1.165) is 18.9 Å². The van der Waals surface area contributed by atoms with E-state index >= 15 is 0 Å². The monoisotopic (exact) mass is 468 g/mol. The SMILES string of the molecule is OC1(CNc2cc(C(F)(F)F)nc3cc(Br)nn23)CCC(c2ccccc2)CC1. The minimum atomic E-state index is -4.57. The minimum absolute atomic E-state index is 0.0778. The summed E-state index contributed by atoms with van der Waals surface area (Å²) in [5.74, 6) is 0.537. The average molecular weight is 469 g/mol. The first-order chi connectivity index (χ1) is 13.7. The summed E-state index contributed by atoms with van der Waals surface area (Å²) in [6, 6.07) is 12.5. The van der Waals surface area contributed by atoms with Crippen molar-refractivity contribution in [3.8, 4) is 0 Å². The van der Waals surface area contributed by atoms with Gasteiger partial charge in [-0.15, -0.1) is 0 Å². The molecule has 2 aromatic heterocycles. The summed E-state index contributed by atoms with van der Waals surface area (Å²) in [4.78, 5) is 3.63. The van der Waals surface area contributed by atoms with Crippen LogP contribution in [0, 0.1) is 0 Å². The highest BCUT2D eigenvalue weighted by atomic mass is 79.9. The van der Waals surface area contributed by atoms with Crippen molar-refractivity contribution in [3.05, 3.63) is 58.3 Å². The van der Waals surface area contributed by atoms with Crippen molar-refractivity contribution >= 4 is 27.4 Å². The Morgan fingerprint density at radius 3 is 2.52 bits per heavy atom. The highest BCUT2D eigenvalue weighted by molar-refractivity contribution is 9.10. The molecule has 29 heavy (non-hydrogen) atoms. The van der Waals surface area contributed by atoms with Gasteiger partial charge in [0.1, 0.15) is 10.4 Å². The molecule has 1 aliphatic carbocycles. The molecule has 0 unspecified atom stereocenters. The van der Waals surface area contributed by atoms with Crippen LogP contribution in [-0.2, 0) is 6.18 Å². The van der Waals surface area contributed by atoms with Gasteiger partial charge in [0, 0.05) is 18.7 Å². The van der Waals surface area contributed by atoms with Gasteiger partial charge in [-0.2, -0.15) is 22.8 Å². The van der Waals surface area contributed by atoms with Crippen LogP contribution in [-0.4, -0.2) is 31.9 Å². The van der Waals surface area contributed by atoms with Gasteiger partial charge in [0.05, 0.1) is 5.60 Å². The number of anilines is 1. The number of nitrogens with one attached hydrogen (secondary N) is 1. The normalized spacial score (nSPS) is 22.7. The first-order valence-electron chi connectivity index (χ1n) is 9.38. The van der Waals surface area contributed by atoms with Crippen LogP contribution in [0.2, 0.25) is 0 Å². The van der Waals surface area contributed by atoms with Crippen molar-refractivity contribution in [1.82, 2.24) is 14.6 Å². The van der Waals surface area contributed by atoms with E-state index in [9.17, 15) is 18.3 Å². The van der Waals surface area contributed by atoms with Gasteiger partial charge >= 0.3 is 6.18 Å². The van der Waals surface area contributed by atoms with E-state index in [2.05, 4.69) is 43.5 Å². The van der Waals surface area contributed by atoms with E-state index < -0.39 is 17.5 Å². The lowest BCUT2D eigenvalue weighted by molar-refractivity contribution is -0.141. The summed E-state index contributed by atoms with van der Waals surface area (Å²) in [5, 5.41) is 18.1. The molecule has 2 heterocycles. The molecule has 0 atom stereocenters. The van der Waals surface area contributed by atoms with Crippen LogP contribution in [0.1, 0.15) is 42.9 Å². The second-order valence-electron chi connectivity index (χ2n) is 7.52. The molecule has 154 valence electrons. The van der Waals surface area contributed by atoms with E-state index in [-0.39, 0.29) is 18.0 Å². The zero-order valence-corrected chi connectivity index (χ0v) is 17.0. The molecule has 5 nitrogen and oxygen atoms in total. The molecule has 1 aliphatic rings. The fraction of sp³-hybridized carbons (Fsp3) is 0.400. The lowest BCUT2D eigenvalue weighted by atomic mass is 9.76. The maximum atomic E-state index is 13.2. The molecule has 0 saturated heterocycles. The molecular weight excluding hydrogens is 449 g/mol. The van der Waals surface area contributed by atoms with Crippen LogP contribution in [0.3, 0.4) is 0 Å². The van der Waals surface area contributed by atoms with Crippen molar-refractivity contribution < 1.29 is 18.3 Å². The minimum Gasteiger partial charge on any atom is -0.388 e. The third kappa shape index (κ3) is 4.40. The molecule has 0 spiro atoms. The number of hydrogen-bond acceptors (Lipinski definition) is 4. The van der Waals surface area contributed by atoms with Crippen molar-refractivity contribution in [1.29, 1.82) is 0 Å². The van der Waals surface area contributed by atoms with Gasteiger partial charge < -0.3 is 10.4 Å². The summed E-state index contributed by atoms with van der Waals surface area (Å²) >= 11 is 3.17. The van der Waals surface area contributed by atoms with Gasteiger partial charge in [0.2, 0.25) is 0 Å². The quantitative estimate of drug-likeness (QED) is 0.564. The van der Waals surface area contributed by atoms with Gasteiger partial charge in [-0.3, -0.25) is 0 Å². The van der Waals surface area contributed by atoms with E-state index in [1.807, 2.05) is 18.2 Å². The molecule has 0 radical (unpaired) electrons. The Morgan fingerprint density at radius 2 is 1.86 bits per heavy atom. The molecule has 1 fully saturated rings. The van der Waals surface area contributed by atoms with E-state index in [1.165, 1.54) is 16.1 Å². The Hall–Kier alpha value is -2.13. The molecule has 2 N–H and O–H groups in total. The Kier molecular flexibility index (Phi) is 5.29. The van der Waals surface area contributed by atoms with Crippen molar-refractivity contribution in [2.45, 2.75) is 43.4 Å². The van der Waals surface area contributed by atoms with Crippen molar-refractivity contribution in [2.24, 2.45) is 0 Å². The highest BCUT2D eigenvalue weighted by Gasteiger charge is 2.36. The molecule has 3 aromatic rings. The standard InChI is InChI=1S/C20H20BrF3N4O/c21-16-11-18-26-15(20(22,23)24)10-17(28(18)27-16)25-12-19(29)8-6-14(7-9-19)13-4-2-1-3-5-13/h1-5,10-11,14,25,29H,6-9,12H2. The Bertz CT molecular complexity index is 998. The predicted octanol–water partition coefficient (Wildman–Crippen LogP) is 5.01. The number of hydrogen-bond donors (Lipinski definition) is 2. The predicted molar refractivity (Wildman–Crippen MR) is 107 cm³/mol. The van der Waals surface area contributed by atoms with Gasteiger partial charge in [-0.1, -0.05) is 30.3 Å².